The zero-order chi connectivity index (χ0) is 21.6. The largest absolute Gasteiger partial charge is 0.465 e. The average Bonchev–Trinajstić information content (AvgIpc) is 2.72. The van der Waals surface area contributed by atoms with E-state index in [-0.39, 0.29) is 22.3 Å². The third-order valence-electron chi connectivity index (χ3n) is 4.82. The minimum absolute atomic E-state index is 0.0990. The zero-order valence-electron chi connectivity index (χ0n) is 15.5. The third kappa shape index (κ3) is 2.95. The van der Waals surface area contributed by atoms with E-state index in [0.717, 1.165) is 29.9 Å². The van der Waals surface area contributed by atoms with Crippen LogP contribution in [0.1, 0.15) is 15.9 Å². The number of halogens is 3. The number of nitrogen functional groups attached to an aromatic ring is 1. The maximum atomic E-state index is 13.4. The quantitative estimate of drug-likeness (QED) is 0.503. The number of ether oxygens (including phenoxy) is 1. The number of benzene rings is 2. The molecule has 0 bridgehead atoms. The van der Waals surface area contributed by atoms with Gasteiger partial charge in [-0.15, -0.1) is 0 Å². The minimum Gasteiger partial charge on any atom is -0.465 e. The van der Waals surface area contributed by atoms with E-state index in [1.165, 1.54) is 6.20 Å². The highest BCUT2D eigenvalue weighted by atomic mass is 19.4. The smallest absolute Gasteiger partial charge is 0.416 e. The van der Waals surface area contributed by atoms with E-state index < -0.39 is 28.8 Å². The first-order valence-corrected chi connectivity index (χ1v) is 8.71. The fourth-order valence-electron chi connectivity index (χ4n) is 3.41. The normalized spacial score (nSPS) is 11.7. The number of alkyl halides is 3. The summed E-state index contributed by atoms with van der Waals surface area (Å²) in [6, 6.07) is 9.74. The van der Waals surface area contributed by atoms with Crippen molar-refractivity contribution < 1.29 is 22.7 Å². The summed E-state index contributed by atoms with van der Waals surface area (Å²) >= 11 is 0. The molecule has 0 saturated heterocycles. The number of carbonyl (C=O) groups is 1. The summed E-state index contributed by atoms with van der Waals surface area (Å²) in [4.78, 5) is 29.6. The van der Waals surface area contributed by atoms with Crippen LogP contribution in [0.15, 0.2) is 59.7 Å². The number of hydrogen-bond donors (Lipinski definition) is 1. The van der Waals surface area contributed by atoms with E-state index in [4.69, 9.17) is 5.73 Å². The van der Waals surface area contributed by atoms with Gasteiger partial charge in [-0.3, -0.25) is 14.3 Å². The monoisotopic (exact) mass is 413 g/mol. The second-order valence-corrected chi connectivity index (χ2v) is 6.53. The molecular weight excluding hydrogens is 399 g/mol. The Morgan fingerprint density at radius 3 is 2.53 bits per heavy atom. The molecule has 0 aliphatic carbocycles. The molecule has 4 rings (SSSR count). The molecule has 0 spiro atoms. The fraction of sp³-hybridized carbons (Fsp3) is 0.0952. The molecule has 30 heavy (non-hydrogen) atoms. The topological polar surface area (TPSA) is 87.2 Å². The summed E-state index contributed by atoms with van der Waals surface area (Å²) in [5.41, 5.74) is 3.55. The maximum Gasteiger partial charge on any atom is 0.416 e. The van der Waals surface area contributed by atoms with E-state index in [0.29, 0.717) is 10.8 Å². The standard InChI is InChI=1S/C21H14F3N3O3/c1-30-20(29)17-18(25)14-7-6-12(21(22,23)24)8-15(14)27(19(17)28)16-10-26-9-11-4-2-3-5-13(11)16/h2-10H,25H2,1H3. The molecule has 2 aromatic heterocycles. The Morgan fingerprint density at radius 2 is 1.83 bits per heavy atom. The van der Waals surface area contributed by atoms with Gasteiger partial charge in [0, 0.05) is 22.4 Å². The summed E-state index contributed by atoms with van der Waals surface area (Å²) in [6.45, 7) is 0. The number of nitrogens with two attached hydrogens (primary N) is 1. The number of fused-ring (bicyclic) bond motifs is 2. The van der Waals surface area contributed by atoms with Crippen LogP contribution in [0.25, 0.3) is 27.4 Å². The van der Waals surface area contributed by atoms with Crippen molar-refractivity contribution in [2.24, 2.45) is 0 Å². The van der Waals surface area contributed by atoms with Gasteiger partial charge < -0.3 is 10.5 Å². The second kappa shape index (κ2) is 6.87. The van der Waals surface area contributed by atoms with Crippen molar-refractivity contribution in [3.8, 4) is 5.69 Å². The maximum absolute atomic E-state index is 13.4. The van der Waals surface area contributed by atoms with E-state index in [2.05, 4.69) is 9.72 Å². The molecule has 0 unspecified atom stereocenters. The molecule has 4 aromatic rings. The van der Waals surface area contributed by atoms with Gasteiger partial charge in [0.1, 0.15) is 5.56 Å². The van der Waals surface area contributed by atoms with Crippen LogP contribution in [-0.4, -0.2) is 22.6 Å². The Hall–Kier alpha value is -3.88. The predicted octanol–water partition coefficient (Wildman–Crippen LogP) is 3.93. The Bertz CT molecular complexity index is 1370. The van der Waals surface area contributed by atoms with Gasteiger partial charge in [0.2, 0.25) is 0 Å². The van der Waals surface area contributed by atoms with Crippen LogP contribution < -0.4 is 11.3 Å². The van der Waals surface area contributed by atoms with Crippen LogP contribution in [0.3, 0.4) is 0 Å². The number of esters is 1. The SMILES string of the molecule is COC(=O)c1c(N)c2ccc(C(F)(F)F)cc2n(-c2cncc3ccccc23)c1=O. The molecule has 0 fully saturated rings. The summed E-state index contributed by atoms with van der Waals surface area (Å²) in [5, 5.41) is 1.34. The van der Waals surface area contributed by atoms with Crippen LogP contribution >= 0.6 is 0 Å². The highest BCUT2D eigenvalue weighted by Gasteiger charge is 2.32. The lowest BCUT2D eigenvalue weighted by atomic mass is 10.0. The van der Waals surface area contributed by atoms with E-state index in [1.807, 2.05) is 0 Å². The number of methoxy groups -OCH3 is 1. The van der Waals surface area contributed by atoms with Gasteiger partial charge in [-0.25, -0.2) is 4.79 Å². The predicted molar refractivity (Wildman–Crippen MR) is 106 cm³/mol. The molecule has 0 saturated carbocycles. The van der Waals surface area contributed by atoms with Crippen molar-refractivity contribution in [1.82, 2.24) is 9.55 Å². The van der Waals surface area contributed by atoms with Crippen LogP contribution in [0.4, 0.5) is 18.9 Å². The highest BCUT2D eigenvalue weighted by Crippen LogP contribution is 2.34. The van der Waals surface area contributed by atoms with Crippen molar-refractivity contribution in [3.63, 3.8) is 0 Å². The number of aromatic nitrogens is 2. The molecule has 0 amide bonds. The van der Waals surface area contributed by atoms with Gasteiger partial charge in [-0.1, -0.05) is 30.3 Å². The van der Waals surface area contributed by atoms with Crippen molar-refractivity contribution in [3.05, 3.63) is 76.3 Å². The highest BCUT2D eigenvalue weighted by molar-refractivity contribution is 6.05. The summed E-state index contributed by atoms with van der Waals surface area (Å²) < 4.78 is 45.8. The Labute approximate surface area is 167 Å². The summed E-state index contributed by atoms with van der Waals surface area (Å²) in [5.74, 6) is -0.985. The van der Waals surface area contributed by atoms with E-state index in [9.17, 15) is 22.8 Å². The molecule has 2 heterocycles. The molecule has 152 valence electrons. The number of pyridine rings is 2. The number of hydrogen-bond acceptors (Lipinski definition) is 5. The Balaban J connectivity index is 2.23. The van der Waals surface area contributed by atoms with E-state index in [1.54, 1.807) is 30.5 Å². The van der Waals surface area contributed by atoms with Crippen molar-refractivity contribution in [2.75, 3.05) is 12.8 Å². The van der Waals surface area contributed by atoms with Gasteiger partial charge in [0.25, 0.3) is 5.56 Å². The van der Waals surface area contributed by atoms with Gasteiger partial charge in [-0.2, -0.15) is 13.2 Å². The second-order valence-electron chi connectivity index (χ2n) is 6.53. The number of rotatable bonds is 2. The van der Waals surface area contributed by atoms with Crippen LogP contribution in [0, 0.1) is 0 Å². The number of anilines is 1. The molecule has 0 atom stereocenters. The van der Waals surface area contributed by atoms with E-state index >= 15 is 0 Å². The summed E-state index contributed by atoms with van der Waals surface area (Å²) in [7, 11) is 1.09. The van der Waals surface area contributed by atoms with Gasteiger partial charge in [-0.05, 0) is 12.1 Å². The lowest BCUT2D eigenvalue weighted by Gasteiger charge is -2.17. The minimum atomic E-state index is -4.64. The Morgan fingerprint density at radius 1 is 1.10 bits per heavy atom. The zero-order valence-corrected chi connectivity index (χ0v) is 15.5. The molecule has 2 aromatic carbocycles. The molecule has 0 radical (unpaired) electrons. The first kappa shape index (κ1) is 19.4. The molecule has 0 aliphatic heterocycles. The van der Waals surface area contributed by atoms with Gasteiger partial charge in [0.15, 0.2) is 0 Å². The van der Waals surface area contributed by atoms with Crippen molar-refractivity contribution >= 4 is 33.3 Å². The number of carbonyl (C=O) groups excluding carboxylic acids is 1. The third-order valence-corrected chi connectivity index (χ3v) is 4.82. The first-order chi connectivity index (χ1) is 14.2. The molecule has 2 N–H and O–H groups in total. The number of nitrogens with zero attached hydrogens (tertiary/aromatic N) is 2. The fourth-order valence-corrected chi connectivity index (χ4v) is 3.41. The van der Waals surface area contributed by atoms with Gasteiger partial charge in [0.05, 0.1) is 35.8 Å². The van der Waals surface area contributed by atoms with Gasteiger partial charge >= 0.3 is 12.1 Å². The van der Waals surface area contributed by atoms with Crippen LogP contribution in [0.5, 0.6) is 0 Å². The lowest BCUT2D eigenvalue weighted by Crippen LogP contribution is -2.28. The molecule has 9 heteroatoms. The lowest BCUT2D eigenvalue weighted by molar-refractivity contribution is -0.137. The van der Waals surface area contributed by atoms with Crippen molar-refractivity contribution in [1.29, 1.82) is 0 Å². The van der Waals surface area contributed by atoms with Crippen molar-refractivity contribution in [2.45, 2.75) is 6.18 Å². The Kier molecular flexibility index (Phi) is 4.45. The summed E-state index contributed by atoms with van der Waals surface area (Å²) in [6.07, 6.45) is -1.73. The first-order valence-electron chi connectivity index (χ1n) is 8.71. The van der Waals surface area contributed by atoms with Crippen LogP contribution in [-0.2, 0) is 10.9 Å². The molecule has 6 nitrogen and oxygen atoms in total. The average molecular weight is 413 g/mol. The van der Waals surface area contributed by atoms with Crippen LogP contribution in [0.2, 0.25) is 0 Å². The molecular formula is C21H14F3N3O3. The molecule has 0 aliphatic rings.